The molecule has 1 saturated heterocycles. The van der Waals surface area contributed by atoms with Crippen LogP contribution >= 0.6 is 0 Å². The van der Waals surface area contributed by atoms with Crippen LogP contribution in [0.5, 0.6) is 5.75 Å². The topological polar surface area (TPSA) is 30.5 Å². The van der Waals surface area contributed by atoms with Crippen LogP contribution in [0.1, 0.15) is 36.1 Å². The number of anilines is 1. The number of rotatable bonds is 2. The summed E-state index contributed by atoms with van der Waals surface area (Å²) in [6.07, 6.45) is 2.45. The second-order valence-electron chi connectivity index (χ2n) is 7.24. The summed E-state index contributed by atoms with van der Waals surface area (Å²) in [5.74, 6) is 1.34. The fourth-order valence-corrected chi connectivity index (χ4v) is 4.59. The third kappa shape index (κ3) is 2.46. The van der Waals surface area contributed by atoms with Crippen molar-refractivity contribution in [1.29, 1.82) is 0 Å². The molecule has 0 aliphatic carbocycles. The summed E-state index contributed by atoms with van der Waals surface area (Å²) in [5, 5.41) is 6.41. The first-order valence-corrected chi connectivity index (χ1v) is 9.39. The van der Waals surface area contributed by atoms with E-state index in [-0.39, 0.29) is 12.1 Å². The van der Waals surface area contributed by atoms with Crippen molar-refractivity contribution in [3.8, 4) is 5.75 Å². The van der Waals surface area contributed by atoms with Gasteiger partial charge in [-0.25, -0.2) is 0 Å². The number of benzene rings is 3. The van der Waals surface area contributed by atoms with Crippen molar-refractivity contribution in [3.05, 3.63) is 71.8 Å². The van der Waals surface area contributed by atoms with Crippen molar-refractivity contribution in [3.63, 3.8) is 0 Å². The monoisotopic (exact) mass is 345 g/mol. The molecule has 3 aromatic carbocycles. The fraction of sp³-hybridized carbons (Fsp3) is 0.304. The summed E-state index contributed by atoms with van der Waals surface area (Å²) in [6, 6.07) is 21.7. The highest BCUT2D eigenvalue weighted by Crippen LogP contribution is 2.51. The summed E-state index contributed by atoms with van der Waals surface area (Å²) in [7, 11) is 1.71. The van der Waals surface area contributed by atoms with E-state index < -0.39 is 0 Å². The lowest BCUT2D eigenvalue weighted by molar-refractivity contribution is -0.0372. The third-order valence-corrected chi connectivity index (χ3v) is 5.84. The summed E-state index contributed by atoms with van der Waals surface area (Å²) >= 11 is 0. The molecule has 2 aliphatic heterocycles. The van der Waals surface area contributed by atoms with Gasteiger partial charge < -0.3 is 14.8 Å². The van der Waals surface area contributed by atoms with Gasteiger partial charge in [0.2, 0.25) is 0 Å². The first-order chi connectivity index (χ1) is 12.8. The van der Waals surface area contributed by atoms with Crippen molar-refractivity contribution in [2.24, 2.45) is 5.92 Å². The number of ether oxygens (including phenoxy) is 2. The zero-order valence-corrected chi connectivity index (χ0v) is 14.9. The van der Waals surface area contributed by atoms with Crippen LogP contribution in [0.4, 0.5) is 5.69 Å². The Morgan fingerprint density at radius 3 is 2.69 bits per heavy atom. The Hall–Kier alpha value is -2.52. The zero-order chi connectivity index (χ0) is 17.5. The van der Waals surface area contributed by atoms with E-state index >= 15 is 0 Å². The van der Waals surface area contributed by atoms with E-state index in [2.05, 4.69) is 53.8 Å². The highest BCUT2D eigenvalue weighted by atomic mass is 16.5. The summed E-state index contributed by atoms with van der Waals surface area (Å²) < 4.78 is 11.7. The number of nitrogens with one attached hydrogen (secondary N) is 1. The lowest BCUT2D eigenvalue weighted by Gasteiger charge is -2.44. The smallest absolute Gasteiger partial charge is 0.118 e. The quantitative estimate of drug-likeness (QED) is 0.667. The Balaban J connectivity index is 1.63. The highest BCUT2D eigenvalue weighted by Gasteiger charge is 2.40. The molecular weight excluding hydrogens is 322 g/mol. The predicted octanol–water partition coefficient (Wildman–Crippen LogP) is 5.48. The molecule has 0 amide bonds. The molecule has 3 aromatic rings. The molecule has 0 spiro atoms. The van der Waals surface area contributed by atoms with Crippen LogP contribution in [-0.2, 0) is 4.74 Å². The number of hydrogen-bond donors (Lipinski definition) is 1. The molecule has 26 heavy (non-hydrogen) atoms. The van der Waals surface area contributed by atoms with Crippen LogP contribution in [-0.4, -0.2) is 13.7 Å². The van der Waals surface area contributed by atoms with Crippen molar-refractivity contribution >= 4 is 16.5 Å². The number of hydrogen-bond acceptors (Lipinski definition) is 3. The summed E-state index contributed by atoms with van der Waals surface area (Å²) in [6.45, 7) is 0.846. The van der Waals surface area contributed by atoms with Crippen molar-refractivity contribution < 1.29 is 9.47 Å². The van der Waals surface area contributed by atoms with E-state index in [9.17, 15) is 0 Å². The minimum atomic E-state index is 0.151. The maximum Gasteiger partial charge on any atom is 0.118 e. The van der Waals surface area contributed by atoms with Gasteiger partial charge in [0.15, 0.2) is 0 Å². The largest absolute Gasteiger partial charge is 0.497 e. The molecule has 2 aliphatic rings. The molecule has 0 saturated carbocycles. The molecule has 0 unspecified atom stereocenters. The SMILES string of the molecule is COc1ccc([C@@H]2Nc3ccc4ccccc4c3[C@H]3OCCC[C@H]32)cc1. The van der Waals surface area contributed by atoms with Gasteiger partial charge in [0, 0.05) is 23.8 Å². The van der Waals surface area contributed by atoms with Gasteiger partial charge in [-0.15, -0.1) is 0 Å². The van der Waals surface area contributed by atoms with E-state index in [1.54, 1.807) is 7.11 Å². The molecule has 1 N–H and O–H groups in total. The molecule has 1 fully saturated rings. The van der Waals surface area contributed by atoms with Crippen molar-refractivity contribution in [2.75, 3.05) is 19.0 Å². The van der Waals surface area contributed by atoms with Crippen molar-refractivity contribution in [1.82, 2.24) is 0 Å². The van der Waals surface area contributed by atoms with Crippen LogP contribution in [0.25, 0.3) is 10.8 Å². The van der Waals surface area contributed by atoms with Crippen LogP contribution in [0.15, 0.2) is 60.7 Å². The van der Waals surface area contributed by atoms with Gasteiger partial charge in [-0.1, -0.05) is 42.5 Å². The molecule has 0 bridgehead atoms. The van der Waals surface area contributed by atoms with Gasteiger partial charge in [-0.3, -0.25) is 0 Å². The van der Waals surface area contributed by atoms with E-state index in [1.807, 2.05) is 12.1 Å². The maximum absolute atomic E-state index is 6.35. The Morgan fingerprint density at radius 2 is 1.85 bits per heavy atom. The molecular formula is C23H23NO2. The van der Waals surface area contributed by atoms with Crippen LogP contribution in [0.2, 0.25) is 0 Å². The second-order valence-corrected chi connectivity index (χ2v) is 7.24. The van der Waals surface area contributed by atoms with Gasteiger partial charge in [-0.2, -0.15) is 0 Å². The normalized spacial score (nSPS) is 24.4. The Kier molecular flexibility index (Phi) is 3.83. The molecule has 3 atom stereocenters. The van der Waals surface area contributed by atoms with Gasteiger partial charge in [-0.05, 0) is 47.4 Å². The van der Waals surface area contributed by atoms with E-state index in [4.69, 9.17) is 9.47 Å². The van der Waals surface area contributed by atoms with Gasteiger partial charge in [0.25, 0.3) is 0 Å². The standard InChI is InChI=1S/C23H23NO2/c1-25-17-11-8-16(9-12-17)22-19-7-4-14-26-23(19)21-18-6-3-2-5-15(18)10-13-20(21)24-22/h2-3,5-6,8-13,19,22-24H,4,7,14H2,1H3/t19-,22-,23-/m0/s1. The summed E-state index contributed by atoms with van der Waals surface area (Å²) in [5.41, 5.74) is 3.83. The number of fused-ring (bicyclic) bond motifs is 5. The molecule has 5 rings (SSSR count). The lowest BCUT2D eigenvalue weighted by atomic mass is 9.76. The number of methoxy groups -OCH3 is 1. The van der Waals surface area contributed by atoms with Crippen molar-refractivity contribution in [2.45, 2.75) is 25.0 Å². The minimum Gasteiger partial charge on any atom is -0.497 e. The highest BCUT2D eigenvalue weighted by molar-refractivity contribution is 5.91. The Labute approximate surface area is 153 Å². The van der Waals surface area contributed by atoms with Gasteiger partial charge in [0.1, 0.15) is 5.75 Å². The Bertz CT molecular complexity index is 935. The van der Waals surface area contributed by atoms with Crippen LogP contribution in [0, 0.1) is 5.92 Å². The molecule has 0 radical (unpaired) electrons. The first kappa shape index (κ1) is 15.7. The summed E-state index contributed by atoms with van der Waals surface area (Å²) in [4.78, 5) is 0. The van der Waals surface area contributed by atoms with Crippen LogP contribution in [0.3, 0.4) is 0 Å². The average Bonchev–Trinajstić information content (AvgIpc) is 2.73. The molecule has 2 heterocycles. The molecule has 3 nitrogen and oxygen atoms in total. The Morgan fingerprint density at radius 1 is 1.00 bits per heavy atom. The molecule has 3 heteroatoms. The average molecular weight is 345 g/mol. The zero-order valence-electron chi connectivity index (χ0n) is 14.9. The third-order valence-electron chi connectivity index (χ3n) is 5.84. The first-order valence-electron chi connectivity index (χ1n) is 9.39. The lowest BCUT2D eigenvalue weighted by Crippen LogP contribution is -2.36. The maximum atomic E-state index is 6.35. The van der Waals surface area contributed by atoms with E-state index in [0.29, 0.717) is 5.92 Å². The second kappa shape index (κ2) is 6.33. The van der Waals surface area contributed by atoms with E-state index in [0.717, 1.165) is 18.8 Å². The fourth-order valence-electron chi connectivity index (χ4n) is 4.59. The van der Waals surface area contributed by atoms with Gasteiger partial charge in [0.05, 0.1) is 19.3 Å². The predicted molar refractivity (Wildman–Crippen MR) is 105 cm³/mol. The minimum absolute atomic E-state index is 0.151. The van der Waals surface area contributed by atoms with Gasteiger partial charge >= 0.3 is 0 Å². The van der Waals surface area contributed by atoms with E-state index in [1.165, 1.54) is 34.0 Å². The van der Waals surface area contributed by atoms with Crippen LogP contribution < -0.4 is 10.1 Å². The molecule has 0 aromatic heterocycles. The molecule has 132 valence electrons.